The maximum absolute atomic E-state index is 13.2. The van der Waals surface area contributed by atoms with Gasteiger partial charge in [-0.15, -0.1) is 5.10 Å². The molecule has 1 aliphatic rings. The third-order valence-corrected chi connectivity index (χ3v) is 6.33. The minimum absolute atomic E-state index is 0.0549. The fraction of sp³-hybridized carbons (Fsp3) is 0.375. The summed E-state index contributed by atoms with van der Waals surface area (Å²) in [6, 6.07) is 18.0. The number of amides is 1. The van der Waals surface area contributed by atoms with Gasteiger partial charge in [-0.2, -0.15) is 0 Å². The molecule has 0 radical (unpaired) electrons. The molecule has 0 bridgehead atoms. The third-order valence-electron chi connectivity index (χ3n) is 6.33. The second kappa shape index (κ2) is 8.63. The van der Waals surface area contributed by atoms with Crippen LogP contribution in [0, 0.1) is 0 Å². The zero-order chi connectivity index (χ0) is 22.1. The van der Waals surface area contributed by atoms with Gasteiger partial charge in [0, 0.05) is 32.7 Å². The Morgan fingerprint density at radius 2 is 1.84 bits per heavy atom. The van der Waals surface area contributed by atoms with Crippen LogP contribution in [0.1, 0.15) is 24.3 Å². The van der Waals surface area contributed by atoms with E-state index < -0.39 is 0 Å². The van der Waals surface area contributed by atoms with E-state index in [1.54, 1.807) is 11.5 Å². The summed E-state index contributed by atoms with van der Waals surface area (Å²) in [5, 5.41) is 4.54. The molecule has 1 amide bonds. The van der Waals surface area contributed by atoms with Crippen molar-refractivity contribution in [2.45, 2.75) is 31.8 Å². The molecule has 2 aromatic heterocycles. The van der Waals surface area contributed by atoms with Gasteiger partial charge in [-0.1, -0.05) is 42.5 Å². The van der Waals surface area contributed by atoms with Crippen LogP contribution in [0.25, 0.3) is 16.8 Å². The number of piperidine rings is 1. The highest BCUT2D eigenvalue weighted by Gasteiger charge is 2.26. The van der Waals surface area contributed by atoms with Gasteiger partial charge < -0.3 is 14.2 Å². The third kappa shape index (κ3) is 3.60. The molecule has 5 rings (SSSR count). The number of nitrogens with zero attached hydrogens (tertiary/aromatic N) is 5. The Morgan fingerprint density at radius 1 is 1.09 bits per heavy atom. The van der Waals surface area contributed by atoms with Gasteiger partial charge in [0.2, 0.25) is 11.7 Å². The molecule has 0 saturated carbocycles. The van der Waals surface area contributed by atoms with Crippen LogP contribution < -0.4 is 5.69 Å². The molecule has 2 aromatic carbocycles. The largest absolute Gasteiger partial charge is 0.383 e. The number of ether oxygens (including phenoxy) is 1. The first-order chi connectivity index (χ1) is 15.7. The lowest BCUT2D eigenvalue weighted by atomic mass is 9.90. The molecule has 8 heteroatoms. The molecule has 8 nitrogen and oxygen atoms in total. The Bertz CT molecular complexity index is 1300. The van der Waals surface area contributed by atoms with Gasteiger partial charge in [0.1, 0.15) is 6.54 Å². The van der Waals surface area contributed by atoms with Crippen LogP contribution in [0.5, 0.6) is 0 Å². The first kappa shape index (κ1) is 20.5. The zero-order valence-electron chi connectivity index (χ0n) is 18.2. The minimum atomic E-state index is -0.294. The molecule has 1 fully saturated rings. The van der Waals surface area contributed by atoms with Gasteiger partial charge in [0.25, 0.3) is 0 Å². The van der Waals surface area contributed by atoms with Gasteiger partial charge in [0.05, 0.1) is 17.6 Å². The SMILES string of the molecule is COCCn1c2ccccc2n2c(=O)n(CC(=O)N3CCC[C@H](c4ccccc4)C3)nc12. The molecule has 0 spiro atoms. The summed E-state index contributed by atoms with van der Waals surface area (Å²) >= 11 is 0. The van der Waals surface area contributed by atoms with E-state index in [9.17, 15) is 9.59 Å². The van der Waals surface area contributed by atoms with Gasteiger partial charge in [-0.3, -0.25) is 4.79 Å². The van der Waals surface area contributed by atoms with E-state index in [4.69, 9.17) is 4.74 Å². The summed E-state index contributed by atoms with van der Waals surface area (Å²) in [6.07, 6.45) is 2.02. The summed E-state index contributed by atoms with van der Waals surface area (Å²) in [4.78, 5) is 28.2. The normalized spacial score (nSPS) is 16.8. The molecule has 32 heavy (non-hydrogen) atoms. The number of carbonyl (C=O) groups is 1. The molecular formula is C24H27N5O3. The van der Waals surface area contributed by atoms with Crippen molar-refractivity contribution in [3.8, 4) is 0 Å². The number of fused-ring (bicyclic) bond motifs is 3. The van der Waals surface area contributed by atoms with Crippen LogP contribution in [-0.2, 0) is 22.6 Å². The number of aromatic nitrogens is 4. The van der Waals surface area contributed by atoms with E-state index in [2.05, 4.69) is 17.2 Å². The Kier molecular flexibility index (Phi) is 5.53. The Morgan fingerprint density at radius 3 is 2.62 bits per heavy atom. The lowest BCUT2D eigenvalue weighted by Crippen LogP contribution is -2.42. The van der Waals surface area contributed by atoms with Crippen LogP contribution in [-0.4, -0.2) is 56.4 Å². The highest BCUT2D eigenvalue weighted by Crippen LogP contribution is 2.27. The van der Waals surface area contributed by atoms with E-state index in [0.29, 0.717) is 37.9 Å². The van der Waals surface area contributed by atoms with Crippen LogP contribution in [0.2, 0.25) is 0 Å². The summed E-state index contributed by atoms with van der Waals surface area (Å²) in [7, 11) is 1.65. The van der Waals surface area contributed by atoms with Crippen molar-refractivity contribution in [2.24, 2.45) is 0 Å². The monoisotopic (exact) mass is 433 g/mol. The first-order valence-corrected chi connectivity index (χ1v) is 11.1. The molecule has 1 atom stereocenters. The molecule has 1 saturated heterocycles. The standard InChI is InChI=1S/C24H27N5O3/c1-32-15-14-27-20-11-5-6-12-21(20)29-23(27)25-28(24(29)31)17-22(30)26-13-7-10-19(16-26)18-8-3-2-4-9-18/h2-6,8-9,11-12,19H,7,10,13-17H2,1H3/t19-/m0/s1. The van der Waals surface area contributed by atoms with Gasteiger partial charge in [-0.05, 0) is 30.5 Å². The molecule has 1 aliphatic heterocycles. The van der Waals surface area contributed by atoms with Gasteiger partial charge in [-0.25, -0.2) is 13.9 Å². The van der Waals surface area contributed by atoms with Crippen molar-refractivity contribution in [3.05, 3.63) is 70.6 Å². The van der Waals surface area contributed by atoms with Crippen molar-refractivity contribution in [2.75, 3.05) is 26.8 Å². The minimum Gasteiger partial charge on any atom is -0.383 e. The fourth-order valence-electron chi connectivity index (χ4n) is 4.71. The van der Waals surface area contributed by atoms with Crippen LogP contribution in [0.15, 0.2) is 59.4 Å². The summed E-state index contributed by atoms with van der Waals surface area (Å²) in [6.45, 7) is 2.41. The van der Waals surface area contributed by atoms with E-state index in [0.717, 1.165) is 23.9 Å². The van der Waals surface area contributed by atoms with Crippen molar-refractivity contribution < 1.29 is 9.53 Å². The molecule has 3 heterocycles. The summed E-state index contributed by atoms with van der Waals surface area (Å²) in [5.41, 5.74) is 2.67. The first-order valence-electron chi connectivity index (χ1n) is 11.1. The number of para-hydroxylation sites is 2. The number of methoxy groups -OCH3 is 1. The number of benzene rings is 2. The number of carbonyl (C=O) groups excluding carboxylic acids is 1. The predicted octanol–water partition coefficient (Wildman–Crippen LogP) is 2.50. The summed E-state index contributed by atoms with van der Waals surface area (Å²) in [5.74, 6) is 0.789. The van der Waals surface area contributed by atoms with Crippen LogP contribution in [0.4, 0.5) is 0 Å². The van der Waals surface area contributed by atoms with Crippen molar-refractivity contribution in [1.82, 2.24) is 23.6 Å². The molecule has 0 N–H and O–H groups in total. The smallest absolute Gasteiger partial charge is 0.352 e. The maximum atomic E-state index is 13.2. The molecule has 0 unspecified atom stereocenters. The van der Waals surface area contributed by atoms with E-state index in [1.807, 2.05) is 51.9 Å². The molecular weight excluding hydrogens is 406 g/mol. The van der Waals surface area contributed by atoms with Crippen LogP contribution in [0.3, 0.4) is 0 Å². The van der Waals surface area contributed by atoms with Gasteiger partial charge >= 0.3 is 5.69 Å². The number of rotatable bonds is 6. The Hall–Kier alpha value is -3.39. The molecule has 0 aliphatic carbocycles. The second-order valence-electron chi connectivity index (χ2n) is 8.30. The number of hydrogen-bond acceptors (Lipinski definition) is 4. The second-order valence-corrected chi connectivity index (χ2v) is 8.30. The van der Waals surface area contributed by atoms with Crippen LogP contribution >= 0.6 is 0 Å². The van der Waals surface area contributed by atoms with Crippen molar-refractivity contribution in [3.63, 3.8) is 0 Å². The number of hydrogen-bond donors (Lipinski definition) is 0. The van der Waals surface area contributed by atoms with Crippen molar-refractivity contribution in [1.29, 1.82) is 0 Å². The lowest BCUT2D eigenvalue weighted by Gasteiger charge is -2.33. The van der Waals surface area contributed by atoms with E-state index >= 15 is 0 Å². The molecule has 166 valence electrons. The lowest BCUT2D eigenvalue weighted by molar-refractivity contribution is -0.133. The maximum Gasteiger partial charge on any atom is 0.352 e. The highest BCUT2D eigenvalue weighted by atomic mass is 16.5. The van der Waals surface area contributed by atoms with Crippen molar-refractivity contribution >= 4 is 22.7 Å². The fourth-order valence-corrected chi connectivity index (χ4v) is 4.71. The van der Waals surface area contributed by atoms with E-state index in [-0.39, 0.29) is 18.1 Å². The topological polar surface area (TPSA) is 73.8 Å². The molecule has 4 aromatic rings. The average molecular weight is 434 g/mol. The Labute approximate surface area is 185 Å². The highest BCUT2D eigenvalue weighted by molar-refractivity contribution is 5.81. The average Bonchev–Trinajstić information content (AvgIpc) is 3.32. The predicted molar refractivity (Wildman–Crippen MR) is 122 cm³/mol. The summed E-state index contributed by atoms with van der Waals surface area (Å²) < 4.78 is 10.1. The number of imidazole rings is 1. The Balaban J connectivity index is 1.42. The van der Waals surface area contributed by atoms with Gasteiger partial charge in [0.15, 0.2) is 0 Å². The zero-order valence-corrected chi connectivity index (χ0v) is 18.2. The quantitative estimate of drug-likeness (QED) is 0.468. The number of likely N-dealkylation sites (tertiary alicyclic amines) is 1. The van der Waals surface area contributed by atoms with E-state index in [1.165, 1.54) is 10.2 Å².